The van der Waals surface area contributed by atoms with Crippen molar-refractivity contribution in [1.29, 1.82) is 0 Å². The molecular formula is C11H23N3O. The molecule has 2 heterocycles. The van der Waals surface area contributed by atoms with E-state index in [0.29, 0.717) is 11.8 Å². The van der Waals surface area contributed by atoms with Crippen molar-refractivity contribution in [2.75, 3.05) is 26.7 Å². The van der Waals surface area contributed by atoms with Crippen LogP contribution in [-0.2, 0) is 0 Å². The summed E-state index contributed by atoms with van der Waals surface area (Å²) >= 11 is 0. The first-order valence-electron chi connectivity index (χ1n) is 6.04. The molecule has 0 saturated carbocycles. The van der Waals surface area contributed by atoms with E-state index in [2.05, 4.69) is 17.3 Å². The third-order valence-electron chi connectivity index (χ3n) is 3.94. The van der Waals surface area contributed by atoms with Gasteiger partial charge in [-0.15, -0.1) is 0 Å². The van der Waals surface area contributed by atoms with Crippen molar-refractivity contribution >= 4 is 0 Å². The van der Waals surface area contributed by atoms with Crippen molar-refractivity contribution in [3.8, 4) is 0 Å². The molecule has 0 radical (unpaired) electrons. The Balaban J connectivity index is 1.96. The van der Waals surface area contributed by atoms with Crippen molar-refractivity contribution in [1.82, 2.24) is 10.2 Å². The Morgan fingerprint density at radius 3 is 2.80 bits per heavy atom. The van der Waals surface area contributed by atoms with Crippen LogP contribution in [0.4, 0.5) is 0 Å². The lowest BCUT2D eigenvalue weighted by atomic mass is 9.77. The van der Waals surface area contributed by atoms with E-state index in [-0.39, 0.29) is 12.3 Å². The van der Waals surface area contributed by atoms with Gasteiger partial charge in [-0.2, -0.15) is 0 Å². The summed E-state index contributed by atoms with van der Waals surface area (Å²) in [6.45, 7) is 3.02. The quantitative estimate of drug-likeness (QED) is 0.554. The molecule has 2 fully saturated rings. The normalized spacial score (nSPS) is 44.2. The van der Waals surface area contributed by atoms with Crippen LogP contribution in [0.2, 0.25) is 0 Å². The number of likely N-dealkylation sites (tertiary alicyclic amines) is 1. The van der Waals surface area contributed by atoms with E-state index in [1.807, 2.05) is 0 Å². The summed E-state index contributed by atoms with van der Waals surface area (Å²) in [6.07, 6.45) is 3.08. The topological polar surface area (TPSA) is 61.5 Å². The van der Waals surface area contributed by atoms with Gasteiger partial charge in [0.15, 0.2) is 0 Å². The standard InChI is InChI=1S/C11H23N3O/c1-14-6-4-8(10(12)7-14)9-3-2-5-13-11(9)15/h8-11,13,15H,2-7,12H2,1H3. The first-order valence-corrected chi connectivity index (χ1v) is 6.04. The van der Waals surface area contributed by atoms with Crippen LogP contribution >= 0.6 is 0 Å². The summed E-state index contributed by atoms with van der Waals surface area (Å²) in [5, 5.41) is 13.1. The minimum absolute atomic E-state index is 0.225. The van der Waals surface area contributed by atoms with Crippen molar-refractivity contribution < 1.29 is 5.11 Å². The lowest BCUT2D eigenvalue weighted by Gasteiger charge is -2.42. The average Bonchev–Trinajstić information content (AvgIpc) is 2.20. The maximum Gasteiger partial charge on any atom is 0.108 e. The number of rotatable bonds is 1. The molecule has 4 heteroatoms. The monoisotopic (exact) mass is 213 g/mol. The van der Waals surface area contributed by atoms with Gasteiger partial charge in [-0.25, -0.2) is 0 Å². The Bertz CT molecular complexity index is 212. The first-order chi connectivity index (χ1) is 7.18. The molecule has 0 spiro atoms. The molecule has 0 amide bonds. The second kappa shape index (κ2) is 4.78. The van der Waals surface area contributed by atoms with Crippen LogP contribution < -0.4 is 11.1 Å². The van der Waals surface area contributed by atoms with E-state index in [0.717, 1.165) is 32.5 Å². The molecule has 4 N–H and O–H groups in total. The van der Waals surface area contributed by atoms with Crippen LogP contribution in [0.25, 0.3) is 0 Å². The molecule has 0 aromatic heterocycles. The number of aliphatic hydroxyl groups excluding tert-OH is 1. The molecule has 2 rings (SSSR count). The Kier molecular flexibility index (Phi) is 3.61. The zero-order valence-corrected chi connectivity index (χ0v) is 9.52. The maximum absolute atomic E-state index is 9.92. The van der Waals surface area contributed by atoms with Gasteiger partial charge < -0.3 is 15.7 Å². The van der Waals surface area contributed by atoms with Crippen molar-refractivity contribution in [2.45, 2.75) is 31.5 Å². The molecule has 2 aliphatic rings. The van der Waals surface area contributed by atoms with Gasteiger partial charge in [0.2, 0.25) is 0 Å². The Hall–Kier alpha value is -0.160. The Morgan fingerprint density at radius 2 is 2.13 bits per heavy atom. The van der Waals surface area contributed by atoms with Crippen LogP contribution in [0.5, 0.6) is 0 Å². The molecule has 0 aromatic carbocycles. The maximum atomic E-state index is 9.92. The third-order valence-corrected chi connectivity index (χ3v) is 3.94. The summed E-state index contributed by atoms with van der Waals surface area (Å²) < 4.78 is 0. The number of hydrogen-bond acceptors (Lipinski definition) is 4. The lowest BCUT2D eigenvalue weighted by Crippen LogP contribution is -2.54. The molecule has 2 saturated heterocycles. The minimum Gasteiger partial charge on any atom is -0.378 e. The third kappa shape index (κ3) is 2.50. The summed E-state index contributed by atoms with van der Waals surface area (Å²) in [5.74, 6) is 0.853. The summed E-state index contributed by atoms with van der Waals surface area (Å²) in [5.41, 5.74) is 6.18. The zero-order chi connectivity index (χ0) is 10.8. The number of aliphatic hydroxyl groups is 1. The van der Waals surface area contributed by atoms with E-state index >= 15 is 0 Å². The zero-order valence-electron chi connectivity index (χ0n) is 9.52. The van der Waals surface area contributed by atoms with Gasteiger partial charge >= 0.3 is 0 Å². The largest absolute Gasteiger partial charge is 0.378 e. The second-order valence-corrected chi connectivity index (χ2v) is 5.08. The van der Waals surface area contributed by atoms with Crippen molar-refractivity contribution in [3.63, 3.8) is 0 Å². The van der Waals surface area contributed by atoms with Crippen LogP contribution in [-0.4, -0.2) is 49.0 Å². The lowest BCUT2D eigenvalue weighted by molar-refractivity contribution is -0.00444. The molecule has 0 aliphatic carbocycles. The van der Waals surface area contributed by atoms with Crippen LogP contribution in [0.15, 0.2) is 0 Å². The highest BCUT2D eigenvalue weighted by atomic mass is 16.3. The molecule has 15 heavy (non-hydrogen) atoms. The van der Waals surface area contributed by atoms with Gasteiger partial charge in [0.1, 0.15) is 6.23 Å². The molecule has 2 aliphatic heterocycles. The molecule has 0 aromatic rings. The van der Waals surface area contributed by atoms with Crippen molar-refractivity contribution in [3.05, 3.63) is 0 Å². The molecule has 88 valence electrons. The number of piperidine rings is 2. The fourth-order valence-electron chi connectivity index (χ4n) is 3.05. The molecule has 4 atom stereocenters. The van der Waals surface area contributed by atoms with E-state index in [4.69, 9.17) is 5.73 Å². The van der Waals surface area contributed by atoms with Gasteiger partial charge in [0.25, 0.3) is 0 Å². The fraction of sp³-hybridized carbons (Fsp3) is 1.00. The summed E-state index contributed by atoms with van der Waals surface area (Å²) in [4.78, 5) is 2.28. The smallest absolute Gasteiger partial charge is 0.108 e. The first kappa shape index (κ1) is 11.3. The molecule has 4 nitrogen and oxygen atoms in total. The van der Waals surface area contributed by atoms with Crippen LogP contribution in [0, 0.1) is 11.8 Å². The highest BCUT2D eigenvalue weighted by Gasteiger charge is 2.36. The summed E-state index contributed by atoms with van der Waals surface area (Å²) in [7, 11) is 2.12. The number of nitrogens with one attached hydrogen (secondary N) is 1. The minimum atomic E-state index is -0.335. The molecular weight excluding hydrogens is 190 g/mol. The average molecular weight is 213 g/mol. The van der Waals surface area contributed by atoms with E-state index < -0.39 is 0 Å². The van der Waals surface area contributed by atoms with Gasteiger partial charge in [0.05, 0.1) is 0 Å². The van der Waals surface area contributed by atoms with Crippen LogP contribution in [0.1, 0.15) is 19.3 Å². The van der Waals surface area contributed by atoms with Crippen LogP contribution in [0.3, 0.4) is 0 Å². The van der Waals surface area contributed by atoms with E-state index in [1.165, 1.54) is 6.42 Å². The summed E-state index contributed by atoms with van der Waals surface area (Å²) in [6, 6.07) is 0.225. The predicted octanol–water partition coefficient (Wildman–Crippen LogP) is -0.417. The van der Waals surface area contributed by atoms with Gasteiger partial charge in [-0.05, 0) is 45.3 Å². The number of nitrogens with two attached hydrogens (primary N) is 1. The molecule has 4 unspecified atom stereocenters. The fourth-order valence-corrected chi connectivity index (χ4v) is 3.05. The molecule has 0 bridgehead atoms. The highest BCUT2D eigenvalue weighted by molar-refractivity contribution is 4.89. The van der Waals surface area contributed by atoms with Gasteiger partial charge in [-0.3, -0.25) is 5.32 Å². The SMILES string of the molecule is CN1CCC(C2CCCNC2O)C(N)C1. The second-order valence-electron chi connectivity index (χ2n) is 5.08. The predicted molar refractivity (Wildman–Crippen MR) is 60.3 cm³/mol. The van der Waals surface area contributed by atoms with E-state index in [9.17, 15) is 5.11 Å². The van der Waals surface area contributed by atoms with Crippen molar-refractivity contribution in [2.24, 2.45) is 17.6 Å². The van der Waals surface area contributed by atoms with Gasteiger partial charge in [-0.1, -0.05) is 0 Å². The van der Waals surface area contributed by atoms with Gasteiger partial charge in [0, 0.05) is 18.5 Å². The number of nitrogens with zero attached hydrogens (tertiary/aromatic N) is 1. The van der Waals surface area contributed by atoms with E-state index in [1.54, 1.807) is 0 Å². The Morgan fingerprint density at radius 1 is 1.33 bits per heavy atom. The Labute approximate surface area is 91.8 Å². The highest BCUT2D eigenvalue weighted by Crippen LogP contribution is 2.30. The number of likely N-dealkylation sites (N-methyl/N-ethyl adjacent to an activating group) is 1. The number of hydrogen-bond donors (Lipinski definition) is 3.